The van der Waals surface area contributed by atoms with Gasteiger partial charge in [0.25, 0.3) is 0 Å². The van der Waals surface area contributed by atoms with Crippen LogP contribution in [0.3, 0.4) is 0 Å². The molecule has 0 bridgehead atoms. The summed E-state index contributed by atoms with van der Waals surface area (Å²) in [5.41, 5.74) is 1.40. The van der Waals surface area contributed by atoms with Gasteiger partial charge in [-0.05, 0) is 84.4 Å². The largest absolute Gasteiger partial charge is 0.456 e. The molecule has 0 saturated carbocycles. The molecular weight excluding hydrogens is 517 g/mol. The fourth-order valence-electron chi connectivity index (χ4n) is 3.94. The Bertz CT molecular complexity index is 1660. The van der Waals surface area contributed by atoms with Gasteiger partial charge < -0.3 is 10.1 Å². The van der Waals surface area contributed by atoms with E-state index < -0.39 is 20.3 Å². The van der Waals surface area contributed by atoms with Gasteiger partial charge in [-0.3, -0.25) is 14.5 Å². The van der Waals surface area contributed by atoms with E-state index in [4.69, 9.17) is 9.52 Å². The second-order valence-electron chi connectivity index (χ2n) is 11.5. The third kappa shape index (κ3) is 5.80. The number of hydrogen-bond acceptors (Lipinski definition) is 6. The first-order chi connectivity index (χ1) is 18.1. The predicted octanol–water partition coefficient (Wildman–Crippen LogP) is 6.81. The van der Waals surface area contributed by atoms with Crippen molar-refractivity contribution in [1.82, 2.24) is 14.8 Å². The average Bonchev–Trinajstić information content (AvgIpc) is 3.32. The molecule has 4 rings (SSSR count). The van der Waals surface area contributed by atoms with E-state index in [9.17, 15) is 9.00 Å². The van der Waals surface area contributed by atoms with Gasteiger partial charge in [0, 0.05) is 33.0 Å². The molecule has 4 aromatic rings. The van der Waals surface area contributed by atoms with Crippen LogP contribution in [0.4, 0.5) is 10.1 Å². The Morgan fingerprint density at radius 2 is 1.82 bits per heavy atom. The van der Waals surface area contributed by atoms with Crippen LogP contribution >= 0.6 is 0 Å². The Hall–Kier alpha value is -3.79. The number of rotatable bonds is 6. The lowest BCUT2D eigenvalue weighted by Gasteiger charge is -2.23. The van der Waals surface area contributed by atoms with Crippen molar-refractivity contribution in [3.8, 4) is 11.5 Å². The van der Waals surface area contributed by atoms with E-state index in [1.165, 1.54) is 6.07 Å². The molecule has 2 aromatic heterocycles. The number of carbonyl (C=O) groups is 1. The lowest BCUT2D eigenvalue weighted by molar-refractivity contribution is -0.115. The molecule has 1 unspecified atom stereocenters. The first kappa shape index (κ1) is 28.2. The summed E-state index contributed by atoms with van der Waals surface area (Å²) in [7, 11) is -3.10. The van der Waals surface area contributed by atoms with Crippen LogP contribution in [0.15, 0.2) is 59.9 Å². The van der Waals surface area contributed by atoms with Gasteiger partial charge in [0.05, 0.1) is 39.1 Å². The summed E-state index contributed by atoms with van der Waals surface area (Å²) in [6.45, 7) is 12.9. The molecule has 0 spiro atoms. The van der Waals surface area contributed by atoms with Crippen LogP contribution < -0.4 is 10.1 Å². The molecule has 1 atom stereocenters. The van der Waals surface area contributed by atoms with Crippen LogP contribution in [0, 0.1) is 17.5 Å². The molecule has 2 N–H and O–H groups in total. The molecule has 0 fully saturated rings. The van der Waals surface area contributed by atoms with E-state index in [-0.39, 0.29) is 34.7 Å². The van der Waals surface area contributed by atoms with Crippen LogP contribution in [0.5, 0.6) is 11.5 Å². The number of amides is 1. The maximum Gasteiger partial charge on any atom is 0.228 e. The molecule has 0 aliphatic heterocycles. The summed E-state index contributed by atoms with van der Waals surface area (Å²) in [5, 5.41) is 7.60. The molecule has 1 amide bonds. The Labute approximate surface area is 228 Å². The Balaban J connectivity index is 1.58. The predicted molar refractivity (Wildman–Crippen MR) is 151 cm³/mol. The quantitative estimate of drug-likeness (QED) is 0.273. The molecule has 2 heterocycles. The van der Waals surface area contributed by atoms with Gasteiger partial charge in [0.2, 0.25) is 5.91 Å². The van der Waals surface area contributed by atoms with Gasteiger partial charge in [0.15, 0.2) is 0 Å². The highest BCUT2D eigenvalue weighted by molar-refractivity contribution is 7.93. The van der Waals surface area contributed by atoms with Crippen molar-refractivity contribution in [3.63, 3.8) is 0 Å². The van der Waals surface area contributed by atoms with E-state index in [1.54, 1.807) is 81.3 Å². The first-order valence-electron chi connectivity index (χ1n) is 12.6. The molecule has 39 heavy (non-hydrogen) atoms. The number of fused-ring (bicyclic) bond motifs is 1. The second-order valence-corrected chi connectivity index (χ2v) is 14.3. The SMILES string of the molecule is Cc1c(Oc2ccnc3ccc(S(=N)(=O)C(C)(C)C)cc23)ccc(CC(=O)Nc2cnn(C(C)(C)C)c2)c1F. The van der Waals surface area contributed by atoms with E-state index in [1.807, 2.05) is 20.8 Å². The van der Waals surface area contributed by atoms with Crippen molar-refractivity contribution in [2.24, 2.45) is 0 Å². The van der Waals surface area contributed by atoms with Crippen molar-refractivity contribution in [3.05, 3.63) is 71.9 Å². The smallest absolute Gasteiger partial charge is 0.228 e. The molecule has 0 radical (unpaired) electrons. The molecule has 0 aliphatic carbocycles. The maximum absolute atomic E-state index is 15.3. The second kappa shape index (κ2) is 10.1. The zero-order chi connectivity index (χ0) is 28.8. The topological polar surface area (TPSA) is 110 Å². The number of anilines is 1. The highest BCUT2D eigenvalue weighted by Crippen LogP contribution is 2.35. The average molecular weight is 552 g/mol. The summed E-state index contributed by atoms with van der Waals surface area (Å²) in [6, 6.07) is 9.81. The van der Waals surface area contributed by atoms with Gasteiger partial charge in [-0.25, -0.2) is 13.4 Å². The van der Waals surface area contributed by atoms with Crippen LogP contribution in [0.1, 0.15) is 52.7 Å². The van der Waals surface area contributed by atoms with Gasteiger partial charge in [-0.1, -0.05) is 6.07 Å². The van der Waals surface area contributed by atoms with Crippen molar-refractivity contribution >= 4 is 32.2 Å². The van der Waals surface area contributed by atoms with E-state index in [2.05, 4.69) is 15.4 Å². The lowest BCUT2D eigenvalue weighted by Crippen LogP contribution is -2.26. The van der Waals surface area contributed by atoms with Gasteiger partial charge in [-0.15, -0.1) is 0 Å². The number of aromatic nitrogens is 3. The van der Waals surface area contributed by atoms with Crippen LogP contribution in [-0.4, -0.2) is 29.6 Å². The normalized spacial score (nSPS) is 13.7. The van der Waals surface area contributed by atoms with Crippen LogP contribution in [-0.2, 0) is 26.5 Å². The third-order valence-corrected chi connectivity index (χ3v) is 9.05. The summed E-state index contributed by atoms with van der Waals surface area (Å²) in [4.78, 5) is 17.3. The van der Waals surface area contributed by atoms with Crippen molar-refractivity contribution < 1.29 is 18.1 Å². The Morgan fingerprint density at radius 1 is 1.10 bits per heavy atom. The zero-order valence-corrected chi connectivity index (χ0v) is 24.1. The maximum atomic E-state index is 15.3. The Morgan fingerprint density at radius 3 is 2.46 bits per heavy atom. The molecule has 0 saturated heterocycles. The first-order valence-corrected chi connectivity index (χ1v) is 14.1. The standard InChI is InChI=1S/C29H34FN5O3S/c1-18-24(11-8-19(27(18)30)14-26(36)34-20-16-33-35(17-20)28(2,3)4)38-25-12-13-32-23-10-9-21(15-22(23)25)39(31,37)29(5,6)7/h8-13,15-17,31H,14H2,1-7H3,(H,34,36). The number of pyridine rings is 1. The summed E-state index contributed by atoms with van der Waals surface area (Å²) < 4.78 is 44.2. The number of halogens is 1. The van der Waals surface area contributed by atoms with E-state index in [0.717, 1.165) is 0 Å². The van der Waals surface area contributed by atoms with E-state index in [0.29, 0.717) is 27.2 Å². The molecule has 2 aromatic carbocycles. The summed E-state index contributed by atoms with van der Waals surface area (Å²) in [5.74, 6) is -0.215. The summed E-state index contributed by atoms with van der Waals surface area (Å²) >= 11 is 0. The van der Waals surface area contributed by atoms with Crippen LogP contribution in [0.2, 0.25) is 0 Å². The molecular formula is C29H34FN5O3S. The number of nitrogens with one attached hydrogen (secondary N) is 2. The monoisotopic (exact) mass is 551 g/mol. The van der Waals surface area contributed by atoms with Crippen molar-refractivity contribution in [1.29, 1.82) is 4.78 Å². The fraction of sp³-hybridized carbons (Fsp3) is 0.345. The summed E-state index contributed by atoms with van der Waals surface area (Å²) in [6.07, 6.45) is 4.72. The van der Waals surface area contributed by atoms with Gasteiger partial charge in [0.1, 0.15) is 17.3 Å². The van der Waals surface area contributed by atoms with Crippen LogP contribution in [0.25, 0.3) is 10.9 Å². The van der Waals surface area contributed by atoms with Crippen molar-refractivity contribution in [2.45, 2.75) is 70.1 Å². The fourth-order valence-corrected chi connectivity index (χ4v) is 5.19. The molecule has 8 nitrogen and oxygen atoms in total. The molecule has 10 heteroatoms. The minimum Gasteiger partial charge on any atom is -0.456 e. The highest BCUT2D eigenvalue weighted by atomic mass is 32.2. The van der Waals surface area contributed by atoms with Crippen molar-refractivity contribution in [2.75, 3.05) is 5.32 Å². The van der Waals surface area contributed by atoms with Gasteiger partial charge in [-0.2, -0.15) is 5.10 Å². The number of benzene rings is 2. The van der Waals surface area contributed by atoms with Gasteiger partial charge >= 0.3 is 0 Å². The minimum absolute atomic E-state index is 0.153. The third-order valence-electron chi connectivity index (χ3n) is 6.41. The lowest BCUT2D eigenvalue weighted by atomic mass is 10.1. The number of ether oxygens (including phenoxy) is 1. The number of nitrogens with zero attached hydrogens (tertiary/aromatic N) is 3. The molecule has 206 valence electrons. The van der Waals surface area contributed by atoms with E-state index >= 15 is 4.39 Å². The highest BCUT2D eigenvalue weighted by Gasteiger charge is 2.27. The minimum atomic E-state index is -3.10. The number of hydrogen-bond donors (Lipinski definition) is 2. The number of carbonyl (C=O) groups excluding carboxylic acids is 1. The Kier molecular flexibility index (Phi) is 7.29. The molecule has 0 aliphatic rings. The zero-order valence-electron chi connectivity index (χ0n) is 23.3.